The summed E-state index contributed by atoms with van der Waals surface area (Å²) in [6.07, 6.45) is 3.49. The molecule has 2 heterocycles. The number of aromatic nitrogens is 1. The van der Waals surface area contributed by atoms with Crippen LogP contribution in [0, 0.1) is 5.82 Å². The first-order chi connectivity index (χ1) is 11.1. The summed E-state index contributed by atoms with van der Waals surface area (Å²) in [6, 6.07) is 5.83. The number of rotatable bonds is 4. The molecule has 1 aromatic carbocycles. The predicted molar refractivity (Wildman–Crippen MR) is 83.6 cm³/mol. The number of amides is 1. The Morgan fingerprint density at radius 3 is 2.91 bits per heavy atom. The van der Waals surface area contributed by atoms with E-state index in [9.17, 15) is 9.18 Å². The number of hydrogen-bond donors (Lipinski definition) is 2. The summed E-state index contributed by atoms with van der Waals surface area (Å²) < 4.78 is 18.4. The second-order valence-electron chi connectivity index (χ2n) is 5.86. The molecule has 1 aromatic heterocycles. The topological polar surface area (TPSA) is 67.2 Å². The molecule has 2 unspecified atom stereocenters. The number of piperidine rings is 1. The highest BCUT2D eigenvalue weighted by atomic mass is 19.1. The van der Waals surface area contributed by atoms with Crippen LogP contribution in [-0.2, 0) is 0 Å². The monoisotopic (exact) mass is 317 g/mol. The summed E-state index contributed by atoms with van der Waals surface area (Å²) in [5.74, 6) is 0.242. The Labute approximate surface area is 134 Å². The van der Waals surface area contributed by atoms with Gasteiger partial charge in [0.2, 0.25) is 0 Å². The molecule has 5 nitrogen and oxygen atoms in total. The molecule has 2 N–H and O–H groups in total. The fourth-order valence-corrected chi connectivity index (χ4v) is 2.75. The van der Waals surface area contributed by atoms with Gasteiger partial charge >= 0.3 is 0 Å². The van der Waals surface area contributed by atoms with Crippen LogP contribution in [-0.4, -0.2) is 24.0 Å². The molecule has 6 heteroatoms. The van der Waals surface area contributed by atoms with Gasteiger partial charge in [-0.25, -0.2) is 9.37 Å². The van der Waals surface area contributed by atoms with Crippen LogP contribution >= 0.6 is 0 Å². The van der Waals surface area contributed by atoms with Crippen molar-refractivity contribution in [1.29, 1.82) is 0 Å². The number of carbonyl (C=O) groups excluding carboxylic acids is 1. The Bertz CT molecular complexity index is 663. The van der Waals surface area contributed by atoms with E-state index in [0.717, 1.165) is 31.5 Å². The van der Waals surface area contributed by atoms with Gasteiger partial charge in [-0.05, 0) is 44.0 Å². The summed E-state index contributed by atoms with van der Waals surface area (Å²) in [6.45, 7) is 3.68. The Hall–Kier alpha value is -2.21. The lowest BCUT2D eigenvalue weighted by atomic mass is 10.00. The molecule has 1 amide bonds. The van der Waals surface area contributed by atoms with Gasteiger partial charge in [0.05, 0.1) is 6.04 Å². The maximum absolute atomic E-state index is 12.9. The lowest BCUT2D eigenvalue weighted by Gasteiger charge is -2.19. The standard InChI is InChI=1S/C17H20FN3O2/c1-11(12-4-6-14(18)7-5-12)20-16(22)15-10-23-17(21-15)13-3-2-8-19-9-13/h4-7,10-11,13,19H,2-3,8-9H2,1H3,(H,20,22). The molecule has 1 aliphatic rings. The largest absolute Gasteiger partial charge is 0.448 e. The zero-order chi connectivity index (χ0) is 16.2. The molecule has 0 aliphatic carbocycles. The zero-order valence-corrected chi connectivity index (χ0v) is 13.0. The number of nitrogens with one attached hydrogen (secondary N) is 2. The third-order valence-corrected chi connectivity index (χ3v) is 4.12. The molecule has 122 valence electrons. The first-order valence-corrected chi connectivity index (χ1v) is 7.86. The van der Waals surface area contributed by atoms with Crippen LogP contribution in [0.2, 0.25) is 0 Å². The quantitative estimate of drug-likeness (QED) is 0.910. The van der Waals surface area contributed by atoms with E-state index in [1.165, 1.54) is 18.4 Å². The Kier molecular flexibility index (Phi) is 4.71. The van der Waals surface area contributed by atoms with Gasteiger partial charge in [-0.2, -0.15) is 0 Å². The number of oxazole rings is 1. The van der Waals surface area contributed by atoms with Gasteiger partial charge in [0, 0.05) is 12.5 Å². The molecule has 23 heavy (non-hydrogen) atoms. The number of halogens is 1. The fourth-order valence-electron chi connectivity index (χ4n) is 2.75. The number of hydrogen-bond acceptors (Lipinski definition) is 4. The maximum Gasteiger partial charge on any atom is 0.273 e. The highest BCUT2D eigenvalue weighted by molar-refractivity contribution is 5.92. The summed E-state index contributed by atoms with van der Waals surface area (Å²) in [5, 5.41) is 6.15. The van der Waals surface area contributed by atoms with Gasteiger partial charge in [0.1, 0.15) is 12.1 Å². The van der Waals surface area contributed by atoms with E-state index in [1.807, 2.05) is 6.92 Å². The normalized spacial score (nSPS) is 19.3. The molecule has 2 atom stereocenters. The van der Waals surface area contributed by atoms with Crippen LogP contribution in [0.1, 0.15) is 53.7 Å². The summed E-state index contributed by atoms with van der Waals surface area (Å²) in [5.41, 5.74) is 1.11. The minimum absolute atomic E-state index is 0.222. The summed E-state index contributed by atoms with van der Waals surface area (Å²) >= 11 is 0. The molecule has 2 aromatic rings. The van der Waals surface area contributed by atoms with E-state index in [4.69, 9.17) is 4.42 Å². The number of nitrogens with zero attached hydrogens (tertiary/aromatic N) is 1. The fraction of sp³-hybridized carbons (Fsp3) is 0.412. The van der Waals surface area contributed by atoms with E-state index in [0.29, 0.717) is 5.89 Å². The van der Waals surface area contributed by atoms with E-state index < -0.39 is 0 Å². The molecule has 1 saturated heterocycles. The minimum Gasteiger partial charge on any atom is -0.448 e. The average molecular weight is 317 g/mol. The van der Waals surface area contributed by atoms with Crippen molar-refractivity contribution in [3.63, 3.8) is 0 Å². The van der Waals surface area contributed by atoms with E-state index >= 15 is 0 Å². The SMILES string of the molecule is CC(NC(=O)c1coc(C2CCCNC2)n1)c1ccc(F)cc1. The van der Waals surface area contributed by atoms with Crippen molar-refractivity contribution in [1.82, 2.24) is 15.6 Å². The Morgan fingerprint density at radius 2 is 2.22 bits per heavy atom. The molecular formula is C17H20FN3O2. The molecular weight excluding hydrogens is 297 g/mol. The second kappa shape index (κ2) is 6.91. The molecule has 0 spiro atoms. The Balaban J connectivity index is 1.63. The minimum atomic E-state index is -0.297. The van der Waals surface area contributed by atoms with Crippen molar-refractivity contribution in [3.8, 4) is 0 Å². The van der Waals surface area contributed by atoms with E-state index in [-0.39, 0.29) is 29.4 Å². The van der Waals surface area contributed by atoms with Crippen LogP contribution in [0.15, 0.2) is 34.9 Å². The van der Waals surface area contributed by atoms with Gasteiger partial charge in [0.15, 0.2) is 11.6 Å². The zero-order valence-electron chi connectivity index (χ0n) is 13.0. The van der Waals surface area contributed by atoms with Crippen molar-refractivity contribution < 1.29 is 13.6 Å². The highest BCUT2D eigenvalue weighted by Crippen LogP contribution is 2.22. The third kappa shape index (κ3) is 3.76. The maximum atomic E-state index is 12.9. The van der Waals surface area contributed by atoms with Crippen LogP contribution in [0.4, 0.5) is 4.39 Å². The van der Waals surface area contributed by atoms with Crippen molar-refractivity contribution in [2.24, 2.45) is 0 Å². The highest BCUT2D eigenvalue weighted by Gasteiger charge is 2.22. The average Bonchev–Trinajstić information content (AvgIpc) is 3.06. The first kappa shape index (κ1) is 15.7. The molecule has 3 rings (SSSR count). The van der Waals surface area contributed by atoms with Crippen molar-refractivity contribution >= 4 is 5.91 Å². The molecule has 0 saturated carbocycles. The van der Waals surface area contributed by atoms with Gasteiger partial charge < -0.3 is 15.1 Å². The van der Waals surface area contributed by atoms with Crippen molar-refractivity contribution in [2.45, 2.75) is 31.7 Å². The van der Waals surface area contributed by atoms with Crippen LogP contribution in [0.3, 0.4) is 0 Å². The van der Waals surface area contributed by atoms with Crippen LogP contribution < -0.4 is 10.6 Å². The van der Waals surface area contributed by atoms with Gasteiger partial charge in [-0.1, -0.05) is 12.1 Å². The second-order valence-corrected chi connectivity index (χ2v) is 5.86. The van der Waals surface area contributed by atoms with Gasteiger partial charge in [0.25, 0.3) is 5.91 Å². The van der Waals surface area contributed by atoms with E-state index in [1.54, 1.807) is 12.1 Å². The smallest absolute Gasteiger partial charge is 0.273 e. The lowest BCUT2D eigenvalue weighted by Crippen LogP contribution is -2.29. The lowest BCUT2D eigenvalue weighted by molar-refractivity contribution is 0.0934. The van der Waals surface area contributed by atoms with Crippen LogP contribution in [0.5, 0.6) is 0 Å². The molecule has 0 bridgehead atoms. The molecule has 1 aliphatic heterocycles. The number of benzene rings is 1. The van der Waals surface area contributed by atoms with Crippen molar-refractivity contribution in [3.05, 3.63) is 53.5 Å². The first-order valence-electron chi connectivity index (χ1n) is 7.86. The third-order valence-electron chi connectivity index (χ3n) is 4.12. The predicted octanol–water partition coefficient (Wildman–Crippen LogP) is 2.77. The molecule has 0 radical (unpaired) electrons. The Morgan fingerprint density at radius 1 is 1.43 bits per heavy atom. The van der Waals surface area contributed by atoms with E-state index in [2.05, 4.69) is 15.6 Å². The summed E-state index contributed by atoms with van der Waals surface area (Å²) in [4.78, 5) is 16.6. The number of carbonyl (C=O) groups is 1. The van der Waals surface area contributed by atoms with Crippen molar-refractivity contribution in [2.75, 3.05) is 13.1 Å². The van der Waals surface area contributed by atoms with Gasteiger partial charge in [-0.15, -0.1) is 0 Å². The molecule has 1 fully saturated rings. The van der Waals surface area contributed by atoms with Crippen LogP contribution in [0.25, 0.3) is 0 Å². The summed E-state index contributed by atoms with van der Waals surface area (Å²) in [7, 11) is 0. The van der Waals surface area contributed by atoms with Gasteiger partial charge in [-0.3, -0.25) is 4.79 Å².